The van der Waals surface area contributed by atoms with Gasteiger partial charge in [0.15, 0.2) is 0 Å². The molecule has 1 fully saturated rings. The first-order valence-corrected chi connectivity index (χ1v) is 16.4. The number of hydrogen-bond donors (Lipinski definition) is 1. The van der Waals surface area contributed by atoms with E-state index in [1.807, 2.05) is 46.3 Å². The Balaban J connectivity index is 1.25. The van der Waals surface area contributed by atoms with Gasteiger partial charge in [-0.15, -0.1) is 0 Å². The molecule has 244 valence electrons. The number of nitrogens with zero attached hydrogens (tertiary/aromatic N) is 4. The lowest BCUT2D eigenvalue weighted by atomic mass is 9.89. The van der Waals surface area contributed by atoms with Gasteiger partial charge in [0.05, 0.1) is 19.6 Å². The summed E-state index contributed by atoms with van der Waals surface area (Å²) in [6, 6.07) is 13.3. The molecule has 3 aliphatic heterocycles. The van der Waals surface area contributed by atoms with E-state index in [1.165, 1.54) is 0 Å². The first-order valence-electron chi connectivity index (χ1n) is 16.4. The number of hydrogen-bond acceptors (Lipinski definition) is 7. The Morgan fingerprint density at radius 1 is 0.913 bits per heavy atom. The molecule has 6 rings (SSSR count). The number of rotatable bonds is 3. The van der Waals surface area contributed by atoms with Crippen LogP contribution in [0.1, 0.15) is 50.0 Å². The van der Waals surface area contributed by atoms with Crippen LogP contribution in [0.25, 0.3) is 11.4 Å². The summed E-state index contributed by atoms with van der Waals surface area (Å²) < 4.78 is 19.2. The number of aryl methyl sites for hydroxylation is 1. The van der Waals surface area contributed by atoms with Crippen LogP contribution in [0.2, 0.25) is 0 Å². The molecule has 11 heteroatoms. The number of anilines is 1. The molecule has 3 amide bonds. The van der Waals surface area contributed by atoms with Crippen molar-refractivity contribution >= 4 is 23.4 Å². The summed E-state index contributed by atoms with van der Waals surface area (Å²) >= 11 is 0. The summed E-state index contributed by atoms with van der Waals surface area (Å²) in [5, 5.41) is 2.91. The van der Waals surface area contributed by atoms with Gasteiger partial charge in [-0.25, -0.2) is 4.98 Å². The van der Waals surface area contributed by atoms with E-state index < -0.39 is 5.92 Å². The van der Waals surface area contributed by atoms with Gasteiger partial charge in [-0.1, -0.05) is 12.1 Å². The molecule has 46 heavy (non-hydrogen) atoms. The molecule has 3 aromatic rings. The predicted octanol–water partition coefficient (Wildman–Crippen LogP) is 4.33. The number of nitrogens with one attached hydrogen (secondary N) is 1. The smallest absolute Gasteiger partial charge is 0.230 e. The van der Waals surface area contributed by atoms with Crippen molar-refractivity contribution in [2.75, 3.05) is 58.4 Å². The van der Waals surface area contributed by atoms with E-state index in [0.29, 0.717) is 70.4 Å². The number of fused-ring (bicyclic) bond motifs is 5. The zero-order chi connectivity index (χ0) is 31.9. The zero-order valence-corrected chi connectivity index (χ0v) is 26.5. The van der Waals surface area contributed by atoms with Gasteiger partial charge in [0.2, 0.25) is 17.7 Å². The predicted molar refractivity (Wildman–Crippen MR) is 173 cm³/mol. The van der Waals surface area contributed by atoms with E-state index in [9.17, 15) is 14.4 Å². The Labute approximate surface area is 269 Å². The van der Waals surface area contributed by atoms with E-state index in [1.54, 1.807) is 25.4 Å². The zero-order valence-electron chi connectivity index (χ0n) is 26.5. The SMILES string of the molecule is COc1ccc2c(c1)C(C(=O)N1CCCCN(C(=O)C3CCOCC3)CCOc3cccc(c3)-c3nccn3CCC1)CC(=O)N2. The summed E-state index contributed by atoms with van der Waals surface area (Å²) in [6.45, 7) is 4.39. The highest BCUT2D eigenvalue weighted by atomic mass is 16.5. The molecule has 2 bridgehead atoms. The normalized spacial score (nSPS) is 20.0. The highest BCUT2D eigenvalue weighted by Crippen LogP contribution is 2.36. The first kappa shape index (κ1) is 31.6. The van der Waals surface area contributed by atoms with Crippen molar-refractivity contribution in [1.29, 1.82) is 0 Å². The van der Waals surface area contributed by atoms with Crippen molar-refractivity contribution in [3.05, 3.63) is 60.4 Å². The van der Waals surface area contributed by atoms with Gasteiger partial charge in [-0.05, 0) is 68.0 Å². The molecule has 2 aromatic carbocycles. The molecule has 1 saturated heterocycles. The van der Waals surface area contributed by atoms with Crippen LogP contribution >= 0.6 is 0 Å². The molecule has 0 radical (unpaired) electrons. The van der Waals surface area contributed by atoms with E-state index in [2.05, 4.69) is 14.9 Å². The Kier molecular flexibility index (Phi) is 10.2. The van der Waals surface area contributed by atoms with E-state index in [-0.39, 0.29) is 30.1 Å². The third-order valence-corrected chi connectivity index (χ3v) is 9.16. The molecule has 1 N–H and O–H groups in total. The monoisotopic (exact) mass is 629 g/mol. The number of aromatic nitrogens is 2. The summed E-state index contributed by atoms with van der Waals surface area (Å²) in [7, 11) is 1.59. The molecule has 11 nitrogen and oxygen atoms in total. The van der Waals surface area contributed by atoms with Crippen LogP contribution in [0.5, 0.6) is 11.5 Å². The molecule has 1 atom stereocenters. The molecular weight excluding hydrogens is 586 g/mol. The maximum absolute atomic E-state index is 14.2. The Morgan fingerprint density at radius 2 is 1.70 bits per heavy atom. The minimum absolute atomic E-state index is 0.0439. The highest BCUT2D eigenvalue weighted by Gasteiger charge is 2.34. The number of carbonyl (C=O) groups is 3. The van der Waals surface area contributed by atoms with Crippen LogP contribution in [0.15, 0.2) is 54.9 Å². The number of imidazole rings is 1. The number of methoxy groups -OCH3 is 1. The number of benzene rings is 2. The molecule has 0 aliphatic carbocycles. The van der Waals surface area contributed by atoms with Gasteiger partial charge in [0.1, 0.15) is 23.9 Å². The van der Waals surface area contributed by atoms with Gasteiger partial charge in [0.25, 0.3) is 0 Å². The molecular formula is C35H43N5O6. The van der Waals surface area contributed by atoms with Crippen molar-refractivity contribution in [2.45, 2.75) is 51.0 Å². The fourth-order valence-electron chi connectivity index (χ4n) is 6.66. The maximum atomic E-state index is 14.2. The summed E-state index contributed by atoms with van der Waals surface area (Å²) in [5.74, 6) is 1.48. The van der Waals surface area contributed by atoms with Crippen molar-refractivity contribution in [2.24, 2.45) is 5.92 Å². The summed E-state index contributed by atoms with van der Waals surface area (Å²) in [6.07, 6.45) is 7.48. The average Bonchev–Trinajstić information content (AvgIpc) is 3.56. The van der Waals surface area contributed by atoms with Crippen molar-refractivity contribution < 1.29 is 28.6 Å². The number of carbonyl (C=O) groups excluding carboxylic acids is 3. The standard InChI is InChI=1S/C35H43N5O6/c1-44-27-8-9-31-29(23-27)30(24-32(41)37-31)35(43)39-13-2-3-14-40(34(42)25-10-19-45-20-11-25)18-21-46-28-7-4-6-26(22-28)33-36-12-17-38(33)15-5-16-39/h4,6-9,12,17,22-23,25,30H,2-3,5,10-11,13-16,18-21,24H2,1H3,(H,37,41). The molecule has 1 unspecified atom stereocenters. The van der Waals surface area contributed by atoms with Crippen LogP contribution in [0.4, 0.5) is 5.69 Å². The topological polar surface area (TPSA) is 115 Å². The van der Waals surface area contributed by atoms with E-state index in [4.69, 9.17) is 14.2 Å². The first-order chi connectivity index (χ1) is 22.5. The third-order valence-electron chi connectivity index (χ3n) is 9.16. The van der Waals surface area contributed by atoms with Gasteiger partial charge in [-0.2, -0.15) is 0 Å². The third kappa shape index (κ3) is 7.36. The van der Waals surface area contributed by atoms with Crippen LogP contribution in [-0.2, 0) is 25.7 Å². The highest BCUT2D eigenvalue weighted by molar-refractivity contribution is 6.01. The van der Waals surface area contributed by atoms with E-state index >= 15 is 0 Å². The van der Waals surface area contributed by atoms with Crippen LogP contribution < -0.4 is 14.8 Å². The lowest BCUT2D eigenvalue weighted by molar-refractivity contribution is -0.139. The van der Waals surface area contributed by atoms with Gasteiger partial charge in [-0.3, -0.25) is 14.4 Å². The fraction of sp³-hybridized carbons (Fsp3) is 0.486. The van der Waals surface area contributed by atoms with Gasteiger partial charge >= 0.3 is 0 Å². The lowest BCUT2D eigenvalue weighted by Crippen LogP contribution is -2.42. The van der Waals surface area contributed by atoms with Crippen LogP contribution in [0.3, 0.4) is 0 Å². The molecule has 0 saturated carbocycles. The summed E-state index contributed by atoms with van der Waals surface area (Å²) in [4.78, 5) is 48.9. The van der Waals surface area contributed by atoms with Crippen molar-refractivity contribution in [3.8, 4) is 22.9 Å². The second kappa shape index (κ2) is 14.8. The number of amides is 3. The van der Waals surface area contributed by atoms with Crippen molar-refractivity contribution in [3.63, 3.8) is 0 Å². The van der Waals surface area contributed by atoms with Crippen molar-refractivity contribution in [1.82, 2.24) is 19.4 Å². The maximum Gasteiger partial charge on any atom is 0.230 e. The number of ether oxygens (including phenoxy) is 3. The quantitative estimate of drug-likeness (QED) is 0.459. The molecule has 0 spiro atoms. The molecule has 1 aromatic heterocycles. The second-order valence-electron chi connectivity index (χ2n) is 12.2. The molecule has 3 aliphatic rings. The van der Waals surface area contributed by atoms with Gasteiger partial charge < -0.3 is 33.9 Å². The molecule has 4 heterocycles. The largest absolute Gasteiger partial charge is 0.497 e. The fourth-order valence-corrected chi connectivity index (χ4v) is 6.66. The van der Waals surface area contributed by atoms with Gasteiger partial charge in [0, 0.05) is 75.4 Å². The Hall–Kier alpha value is -4.38. The van der Waals surface area contributed by atoms with Crippen LogP contribution in [-0.4, -0.2) is 90.2 Å². The minimum Gasteiger partial charge on any atom is -0.497 e. The van der Waals surface area contributed by atoms with E-state index in [0.717, 1.165) is 48.4 Å². The summed E-state index contributed by atoms with van der Waals surface area (Å²) in [5.41, 5.74) is 2.36. The Bertz CT molecular complexity index is 1530. The minimum atomic E-state index is -0.594. The Morgan fingerprint density at radius 3 is 2.50 bits per heavy atom. The second-order valence-corrected chi connectivity index (χ2v) is 12.2. The lowest BCUT2D eigenvalue weighted by Gasteiger charge is -2.32. The average molecular weight is 630 g/mol. The van der Waals surface area contributed by atoms with Crippen LogP contribution in [0, 0.1) is 5.92 Å².